The summed E-state index contributed by atoms with van der Waals surface area (Å²) < 4.78 is 32.2. The molecular weight excluding hydrogens is 546 g/mol. The minimum Gasteiger partial charge on any atom is -0.495 e. The second kappa shape index (κ2) is 12.4. The molecule has 1 unspecified atom stereocenters. The van der Waals surface area contributed by atoms with Crippen molar-refractivity contribution in [3.8, 4) is 5.75 Å². The zero-order valence-corrected chi connectivity index (χ0v) is 22.7. The van der Waals surface area contributed by atoms with Gasteiger partial charge in [-0.3, -0.25) is 13.9 Å². The number of nitrogens with zero attached hydrogens (tertiary/aromatic N) is 2. The summed E-state index contributed by atoms with van der Waals surface area (Å²) in [6.45, 7) is 3.66. The largest absolute Gasteiger partial charge is 0.495 e. The van der Waals surface area contributed by atoms with Gasteiger partial charge in [0.1, 0.15) is 18.3 Å². The van der Waals surface area contributed by atoms with E-state index in [1.165, 1.54) is 30.2 Å². The molecule has 186 valence electrons. The molecule has 0 fully saturated rings. The third-order valence-corrected chi connectivity index (χ3v) is 7.05. The van der Waals surface area contributed by atoms with Crippen LogP contribution in [0, 0.1) is 0 Å². The van der Waals surface area contributed by atoms with Crippen LogP contribution in [0.3, 0.4) is 0 Å². The van der Waals surface area contributed by atoms with Gasteiger partial charge in [-0.1, -0.05) is 46.6 Å². The second-order valence-corrected chi connectivity index (χ2v) is 10.9. The summed E-state index contributed by atoms with van der Waals surface area (Å²) in [5.41, 5.74) is 1.01. The van der Waals surface area contributed by atoms with Gasteiger partial charge in [-0.25, -0.2) is 8.42 Å². The molecule has 0 saturated heterocycles. The first-order chi connectivity index (χ1) is 16.0. The summed E-state index contributed by atoms with van der Waals surface area (Å²) in [5, 5.41) is 3.00. The zero-order valence-electron chi connectivity index (χ0n) is 19.5. The first-order valence-corrected chi connectivity index (χ1v) is 13.6. The van der Waals surface area contributed by atoms with Gasteiger partial charge in [-0.05, 0) is 49.2 Å². The molecule has 34 heavy (non-hydrogen) atoms. The number of amides is 2. The fourth-order valence-electron chi connectivity index (χ4n) is 3.19. The fraction of sp³-hybridized carbons (Fsp3) is 0.391. The Morgan fingerprint density at radius 2 is 1.82 bits per heavy atom. The molecule has 8 nitrogen and oxygen atoms in total. The van der Waals surface area contributed by atoms with E-state index < -0.39 is 28.5 Å². The summed E-state index contributed by atoms with van der Waals surface area (Å²) >= 11 is 9.56. The SMILES string of the molecule is CCCNC(=O)C(C)N(Cc1ccc(Br)cc1)C(=O)CN(c1ccc(OC)c(Cl)c1)S(C)(=O)=O. The normalized spacial score (nSPS) is 12.1. The van der Waals surface area contributed by atoms with E-state index in [1.807, 2.05) is 31.2 Å². The molecule has 2 rings (SSSR count). The number of benzene rings is 2. The maximum Gasteiger partial charge on any atom is 0.244 e. The number of nitrogens with one attached hydrogen (secondary N) is 1. The highest BCUT2D eigenvalue weighted by atomic mass is 79.9. The van der Waals surface area contributed by atoms with Crippen LogP contribution in [0.5, 0.6) is 5.75 Å². The lowest BCUT2D eigenvalue weighted by Crippen LogP contribution is -2.51. The maximum absolute atomic E-state index is 13.4. The summed E-state index contributed by atoms with van der Waals surface area (Å²) in [5.74, 6) is -0.464. The number of carbonyl (C=O) groups is 2. The van der Waals surface area contributed by atoms with Crippen molar-refractivity contribution in [2.45, 2.75) is 32.9 Å². The van der Waals surface area contributed by atoms with Crippen LogP contribution in [-0.2, 0) is 26.2 Å². The number of halogens is 2. The fourth-order valence-corrected chi connectivity index (χ4v) is 4.55. The quantitative estimate of drug-likeness (QED) is 0.440. The number of ether oxygens (including phenoxy) is 1. The zero-order chi connectivity index (χ0) is 25.5. The highest BCUT2D eigenvalue weighted by molar-refractivity contribution is 9.10. The van der Waals surface area contributed by atoms with Gasteiger partial charge in [0.2, 0.25) is 21.8 Å². The summed E-state index contributed by atoms with van der Waals surface area (Å²) in [4.78, 5) is 27.5. The Morgan fingerprint density at radius 1 is 1.18 bits per heavy atom. The number of carbonyl (C=O) groups excluding carboxylic acids is 2. The Balaban J connectivity index is 2.38. The van der Waals surface area contributed by atoms with Crippen LogP contribution >= 0.6 is 27.5 Å². The molecule has 0 radical (unpaired) electrons. The van der Waals surface area contributed by atoms with Gasteiger partial charge in [0, 0.05) is 17.6 Å². The van der Waals surface area contributed by atoms with Gasteiger partial charge in [0.05, 0.1) is 24.1 Å². The summed E-state index contributed by atoms with van der Waals surface area (Å²) in [6, 6.07) is 11.0. The van der Waals surface area contributed by atoms with Crippen LogP contribution in [-0.4, -0.2) is 57.6 Å². The maximum atomic E-state index is 13.4. The molecule has 2 amide bonds. The molecule has 0 saturated carbocycles. The van der Waals surface area contributed by atoms with Crippen molar-refractivity contribution in [3.63, 3.8) is 0 Å². The van der Waals surface area contributed by atoms with Gasteiger partial charge in [-0.15, -0.1) is 0 Å². The Bertz CT molecular complexity index is 1110. The number of anilines is 1. The molecule has 0 bridgehead atoms. The van der Waals surface area contributed by atoms with Crippen LogP contribution in [0.15, 0.2) is 46.9 Å². The summed E-state index contributed by atoms with van der Waals surface area (Å²) in [6.07, 6.45) is 1.76. The standard InChI is InChI=1S/C23H29BrClN3O5S/c1-5-12-26-23(30)16(2)27(14-17-6-8-18(24)9-7-17)22(29)15-28(34(4,31)32)19-10-11-21(33-3)20(25)13-19/h6-11,13,16H,5,12,14-15H2,1-4H3,(H,26,30). The average Bonchev–Trinajstić information content (AvgIpc) is 2.79. The van der Waals surface area contributed by atoms with E-state index in [2.05, 4.69) is 21.2 Å². The minimum atomic E-state index is -3.84. The molecule has 2 aromatic carbocycles. The number of rotatable bonds is 11. The van der Waals surface area contributed by atoms with Gasteiger partial charge >= 0.3 is 0 Å². The van der Waals surface area contributed by atoms with Crippen molar-refractivity contribution >= 4 is 55.1 Å². The Hall–Kier alpha value is -2.30. The molecule has 0 heterocycles. The van der Waals surface area contributed by atoms with Crippen molar-refractivity contribution in [3.05, 3.63) is 57.5 Å². The first kappa shape index (κ1) is 27.9. The number of hydrogen-bond acceptors (Lipinski definition) is 5. The second-order valence-electron chi connectivity index (χ2n) is 7.70. The van der Waals surface area contributed by atoms with E-state index in [1.54, 1.807) is 6.92 Å². The van der Waals surface area contributed by atoms with Gasteiger partial charge in [0.15, 0.2) is 0 Å². The van der Waals surface area contributed by atoms with Crippen LogP contribution in [0.25, 0.3) is 0 Å². The van der Waals surface area contributed by atoms with Crippen molar-refractivity contribution in [2.24, 2.45) is 0 Å². The van der Waals surface area contributed by atoms with E-state index in [0.717, 1.165) is 27.0 Å². The van der Waals surface area contributed by atoms with Crippen molar-refractivity contribution in [1.29, 1.82) is 0 Å². The minimum absolute atomic E-state index is 0.133. The van der Waals surface area contributed by atoms with E-state index in [4.69, 9.17) is 16.3 Å². The first-order valence-electron chi connectivity index (χ1n) is 10.6. The highest BCUT2D eigenvalue weighted by Gasteiger charge is 2.30. The monoisotopic (exact) mass is 573 g/mol. The highest BCUT2D eigenvalue weighted by Crippen LogP contribution is 2.30. The lowest BCUT2D eigenvalue weighted by atomic mass is 10.1. The van der Waals surface area contributed by atoms with E-state index >= 15 is 0 Å². The Morgan fingerprint density at radius 3 is 2.35 bits per heavy atom. The molecule has 2 aromatic rings. The molecule has 0 spiro atoms. The number of methoxy groups -OCH3 is 1. The topological polar surface area (TPSA) is 96.0 Å². The molecule has 1 atom stereocenters. The van der Waals surface area contributed by atoms with Crippen LogP contribution in [0.1, 0.15) is 25.8 Å². The molecule has 0 aromatic heterocycles. The lowest BCUT2D eigenvalue weighted by molar-refractivity contribution is -0.139. The van der Waals surface area contributed by atoms with Gasteiger partial charge in [0.25, 0.3) is 0 Å². The van der Waals surface area contributed by atoms with Crippen molar-refractivity contribution in [1.82, 2.24) is 10.2 Å². The average molecular weight is 575 g/mol. The van der Waals surface area contributed by atoms with Gasteiger partial charge in [-0.2, -0.15) is 0 Å². The van der Waals surface area contributed by atoms with E-state index in [0.29, 0.717) is 12.3 Å². The summed E-state index contributed by atoms with van der Waals surface area (Å²) in [7, 11) is -2.39. The van der Waals surface area contributed by atoms with Gasteiger partial charge < -0.3 is 15.0 Å². The predicted molar refractivity (Wildman–Crippen MR) is 138 cm³/mol. The third-order valence-electron chi connectivity index (χ3n) is 5.09. The Labute approximate surface area is 214 Å². The molecular formula is C23H29BrClN3O5S. The van der Waals surface area contributed by atoms with E-state index in [-0.39, 0.29) is 23.2 Å². The molecule has 0 aliphatic rings. The molecule has 0 aliphatic heterocycles. The van der Waals surface area contributed by atoms with E-state index in [9.17, 15) is 18.0 Å². The smallest absolute Gasteiger partial charge is 0.244 e. The number of hydrogen-bond donors (Lipinski definition) is 1. The number of sulfonamides is 1. The lowest BCUT2D eigenvalue weighted by Gasteiger charge is -2.31. The molecule has 11 heteroatoms. The van der Waals surface area contributed by atoms with Crippen LogP contribution in [0.2, 0.25) is 5.02 Å². The van der Waals surface area contributed by atoms with Crippen LogP contribution < -0.4 is 14.4 Å². The molecule has 0 aliphatic carbocycles. The Kier molecular flexibility index (Phi) is 10.2. The predicted octanol–water partition coefficient (Wildman–Crippen LogP) is 3.82. The van der Waals surface area contributed by atoms with Crippen molar-refractivity contribution < 1.29 is 22.7 Å². The van der Waals surface area contributed by atoms with Crippen LogP contribution in [0.4, 0.5) is 5.69 Å². The third kappa shape index (κ3) is 7.61. The molecule has 1 N–H and O–H groups in total. The van der Waals surface area contributed by atoms with Crippen molar-refractivity contribution in [2.75, 3.05) is 30.8 Å².